The molecule has 18 heavy (non-hydrogen) atoms. The van der Waals surface area contributed by atoms with Crippen molar-refractivity contribution < 1.29 is 0 Å². The first-order valence-electron chi connectivity index (χ1n) is 5.83. The first-order valence-corrected chi connectivity index (χ1v) is 7.56. The molecule has 2 rings (SSSR count). The number of nitrogens with zero attached hydrogens (tertiary/aromatic N) is 3. The van der Waals surface area contributed by atoms with Gasteiger partial charge in [0, 0.05) is 25.6 Å². The number of anilines is 1. The number of thiophene rings is 1. The molecule has 0 spiro atoms. The van der Waals surface area contributed by atoms with Crippen LogP contribution in [-0.4, -0.2) is 17.0 Å². The van der Waals surface area contributed by atoms with E-state index < -0.39 is 0 Å². The molecule has 0 saturated carbocycles. The van der Waals surface area contributed by atoms with Crippen LogP contribution in [0.4, 0.5) is 5.82 Å². The summed E-state index contributed by atoms with van der Waals surface area (Å²) < 4.78 is 0.841. The maximum Gasteiger partial charge on any atom is 0.134 e. The molecule has 0 aliphatic heterocycles. The Kier molecular flexibility index (Phi) is 4.35. The topological polar surface area (TPSA) is 29.0 Å². The molecule has 2 aromatic heterocycles. The summed E-state index contributed by atoms with van der Waals surface area (Å²) >= 11 is 5.17. The van der Waals surface area contributed by atoms with Crippen molar-refractivity contribution >= 4 is 33.1 Å². The Labute approximate surface area is 120 Å². The minimum Gasteiger partial charge on any atom is -0.355 e. The van der Waals surface area contributed by atoms with Crippen molar-refractivity contribution in [2.45, 2.75) is 26.3 Å². The van der Waals surface area contributed by atoms with Gasteiger partial charge in [-0.25, -0.2) is 9.97 Å². The van der Waals surface area contributed by atoms with Crippen molar-refractivity contribution in [1.29, 1.82) is 0 Å². The van der Waals surface area contributed by atoms with Gasteiger partial charge >= 0.3 is 0 Å². The van der Waals surface area contributed by atoms with Gasteiger partial charge < -0.3 is 4.90 Å². The lowest BCUT2D eigenvalue weighted by Gasteiger charge is -2.19. The third kappa shape index (κ3) is 3.29. The Bertz CT molecular complexity index is 511. The zero-order valence-electron chi connectivity index (χ0n) is 10.7. The molecule has 2 heterocycles. The van der Waals surface area contributed by atoms with E-state index >= 15 is 0 Å². The molecular formula is C13H16BrN3S. The highest BCUT2D eigenvalue weighted by atomic mass is 79.9. The number of halogens is 1. The number of rotatable bonds is 4. The Morgan fingerprint density at radius 3 is 2.78 bits per heavy atom. The molecular weight excluding hydrogens is 310 g/mol. The smallest absolute Gasteiger partial charge is 0.134 e. The summed E-state index contributed by atoms with van der Waals surface area (Å²) in [7, 11) is 2.05. The van der Waals surface area contributed by atoms with E-state index in [0.29, 0.717) is 5.92 Å². The van der Waals surface area contributed by atoms with Crippen LogP contribution in [-0.2, 0) is 6.54 Å². The van der Waals surface area contributed by atoms with Gasteiger partial charge in [-0.2, -0.15) is 11.3 Å². The van der Waals surface area contributed by atoms with Gasteiger partial charge in [0.15, 0.2) is 0 Å². The van der Waals surface area contributed by atoms with Gasteiger partial charge in [-0.15, -0.1) is 0 Å². The monoisotopic (exact) mass is 325 g/mol. The van der Waals surface area contributed by atoms with Crippen molar-refractivity contribution in [3.63, 3.8) is 0 Å². The van der Waals surface area contributed by atoms with E-state index in [0.717, 1.165) is 22.8 Å². The van der Waals surface area contributed by atoms with E-state index in [9.17, 15) is 0 Å². The first kappa shape index (κ1) is 13.5. The van der Waals surface area contributed by atoms with Crippen LogP contribution in [0.3, 0.4) is 0 Å². The predicted molar refractivity (Wildman–Crippen MR) is 80.2 cm³/mol. The average molecular weight is 326 g/mol. The van der Waals surface area contributed by atoms with Crippen LogP contribution < -0.4 is 4.90 Å². The van der Waals surface area contributed by atoms with Crippen molar-refractivity contribution in [2.75, 3.05) is 11.9 Å². The molecule has 0 N–H and O–H groups in total. The quantitative estimate of drug-likeness (QED) is 0.794. The third-order valence-corrected chi connectivity index (χ3v) is 3.74. The maximum atomic E-state index is 4.60. The lowest BCUT2D eigenvalue weighted by Crippen LogP contribution is -2.18. The van der Waals surface area contributed by atoms with Crippen molar-refractivity contribution in [2.24, 2.45) is 0 Å². The number of hydrogen-bond donors (Lipinski definition) is 0. The highest BCUT2D eigenvalue weighted by molar-refractivity contribution is 9.10. The molecule has 0 saturated heterocycles. The van der Waals surface area contributed by atoms with Crippen molar-refractivity contribution in [3.8, 4) is 0 Å². The van der Waals surface area contributed by atoms with Crippen LogP contribution >= 0.6 is 27.3 Å². The van der Waals surface area contributed by atoms with Crippen LogP contribution in [0.15, 0.2) is 27.5 Å². The highest BCUT2D eigenvalue weighted by Crippen LogP contribution is 2.21. The largest absolute Gasteiger partial charge is 0.355 e. The zero-order chi connectivity index (χ0) is 13.1. The minimum atomic E-state index is 0.329. The summed E-state index contributed by atoms with van der Waals surface area (Å²) in [5.41, 5.74) is 1.31. The van der Waals surface area contributed by atoms with Crippen molar-refractivity contribution in [3.05, 3.63) is 38.9 Å². The minimum absolute atomic E-state index is 0.329. The molecule has 0 radical (unpaired) electrons. The van der Waals surface area contributed by atoms with Crippen LogP contribution in [0.2, 0.25) is 0 Å². The van der Waals surface area contributed by atoms with Crippen LogP contribution in [0.5, 0.6) is 0 Å². The van der Waals surface area contributed by atoms with Gasteiger partial charge in [0.05, 0.1) is 0 Å². The summed E-state index contributed by atoms with van der Waals surface area (Å²) in [6, 6.07) is 4.10. The second-order valence-corrected chi connectivity index (χ2v) is 6.14. The summed E-state index contributed by atoms with van der Waals surface area (Å²) in [5.74, 6) is 2.15. The summed E-state index contributed by atoms with van der Waals surface area (Å²) in [4.78, 5) is 11.1. The normalized spacial score (nSPS) is 10.9. The summed E-state index contributed by atoms with van der Waals surface area (Å²) in [6.45, 7) is 5.07. The molecule has 96 valence electrons. The fraction of sp³-hybridized carbons (Fsp3) is 0.385. The van der Waals surface area contributed by atoms with Crippen molar-refractivity contribution in [1.82, 2.24) is 9.97 Å². The van der Waals surface area contributed by atoms with Gasteiger partial charge in [0.25, 0.3) is 0 Å². The number of aromatic nitrogens is 2. The molecule has 0 aliphatic carbocycles. The Balaban J connectivity index is 2.21. The van der Waals surface area contributed by atoms with E-state index in [2.05, 4.69) is 68.5 Å². The van der Waals surface area contributed by atoms with E-state index in [1.807, 2.05) is 6.07 Å². The van der Waals surface area contributed by atoms with Crippen LogP contribution in [0.25, 0.3) is 0 Å². The molecule has 0 aromatic carbocycles. The van der Waals surface area contributed by atoms with Crippen LogP contribution in [0.1, 0.15) is 31.2 Å². The summed E-state index contributed by atoms with van der Waals surface area (Å²) in [5, 5.41) is 4.26. The lowest BCUT2D eigenvalue weighted by atomic mass is 10.2. The van der Waals surface area contributed by atoms with Gasteiger partial charge in [-0.1, -0.05) is 13.8 Å². The Hall–Kier alpha value is -0.940. The second-order valence-electron chi connectivity index (χ2n) is 4.55. The van der Waals surface area contributed by atoms with Crippen LogP contribution in [0, 0.1) is 0 Å². The molecule has 0 atom stereocenters. The SMILES string of the molecule is CC(C)c1nc(Br)cc(N(C)Cc2ccsc2)n1. The fourth-order valence-electron chi connectivity index (χ4n) is 1.61. The average Bonchev–Trinajstić information content (AvgIpc) is 2.80. The first-order chi connectivity index (χ1) is 8.56. The predicted octanol–water partition coefficient (Wildman–Crippen LogP) is 4.06. The van der Waals surface area contributed by atoms with E-state index in [-0.39, 0.29) is 0 Å². The highest BCUT2D eigenvalue weighted by Gasteiger charge is 2.10. The van der Waals surface area contributed by atoms with Gasteiger partial charge in [0.2, 0.25) is 0 Å². The molecule has 0 fully saturated rings. The standard InChI is InChI=1S/C13H16BrN3S/c1-9(2)13-15-11(14)6-12(16-13)17(3)7-10-4-5-18-8-10/h4-6,8-9H,7H2,1-3H3. The molecule has 0 aliphatic rings. The van der Waals surface area contributed by atoms with E-state index in [4.69, 9.17) is 0 Å². The molecule has 2 aromatic rings. The molecule has 0 bridgehead atoms. The summed E-state index contributed by atoms with van der Waals surface area (Å²) in [6.07, 6.45) is 0. The fourth-order valence-corrected chi connectivity index (χ4v) is 2.66. The molecule has 5 heteroatoms. The number of hydrogen-bond acceptors (Lipinski definition) is 4. The lowest BCUT2D eigenvalue weighted by molar-refractivity contribution is 0.757. The zero-order valence-corrected chi connectivity index (χ0v) is 13.1. The van der Waals surface area contributed by atoms with E-state index in [1.165, 1.54) is 5.56 Å². The van der Waals surface area contributed by atoms with Gasteiger partial charge in [-0.05, 0) is 38.3 Å². The van der Waals surface area contributed by atoms with E-state index in [1.54, 1.807) is 11.3 Å². The molecule has 0 unspecified atom stereocenters. The second kappa shape index (κ2) is 5.80. The Morgan fingerprint density at radius 1 is 1.39 bits per heavy atom. The van der Waals surface area contributed by atoms with Gasteiger partial charge in [0.1, 0.15) is 16.2 Å². The maximum absolute atomic E-state index is 4.60. The third-order valence-electron chi connectivity index (χ3n) is 2.61. The molecule has 3 nitrogen and oxygen atoms in total. The van der Waals surface area contributed by atoms with Gasteiger partial charge in [-0.3, -0.25) is 0 Å². The molecule has 0 amide bonds. The Morgan fingerprint density at radius 2 is 2.17 bits per heavy atom.